The first-order valence-corrected chi connectivity index (χ1v) is 11.2. The number of ether oxygens (including phenoxy) is 1. The Balaban J connectivity index is 1.94. The van der Waals surface area contributed by atoms with Crippen molar-refractivity contribution >= 4 is 63.1 Å². The molecule has 10 heteroatoms. The summed E-state index contributed by atoms with van der Waals surface area (Å²) in [6.45, 7) is 1.60. The van der Waals surface area contributed by atoms with E-state index in [2.05, 4.69) is 4.98 Å². The highest BCUT2D eigenvalue weighted by atomic mass is 35.5. The number of halogens is 2. The lowest BCUT2D eigenvalue weighted by Crippen LogP contribution is -2.29. The van der Waals surface area contributed by atoms with Gasteiger partial charge in [-0.15, -0.1) is 0 Å². The predicted molar refractivity (Wildman–Crippen MR) is 126 cm³/mol. The average molecular weight is 503 g/mol. The van der Waals surface area contributed by atoms with Gasteiger partial charge in [-0.25, -0.2) is 9.78 Å². The maximum atomic E-state index is 13.2. The fourth-order valence-corrected chi connectivity index (χ4v) is 4.89. The number of nitrogens with zero attached hydrogens (tertiary/aromatic N) is 2. The zero-order valence-corrected chi connectivity index (χ0v) is 19.7. The van der Waals surface area contributed by atoms with E-state index in [0.717, 1.165) is 11.3 Å². The number of ketones is 1. The third-order valence-corrected chi connectivity index (χ3v) is 6.71. The number of aryl methyl sites for hydroxylation is 1. The van der Waals surface area contributed by atoms with Gasteiger partial charge in [-0.3, -0.25) is 14.5 Å². The fourth-order valence-electron chi connectivity index (χ4n) is 3.55. The Bertz CT molecular complexity index is 1320. The van der Waals surface area contributed by atoms with E-state index in [1.54, 1.807) is 55.5 Å². The molecule has 1 fully saturated rings. The van der Waals surface area contributed by atoms with Gasteiger partial charge < -0.3 is 9.84 Å². The Morgan fingerprint density at radius 2 is 1.82 bits per heavy atom. The number of methoxy groups -OCH3 is 1. The van der Waals surface area contributed by atoms with Crippen LogP contribution in [0.25, 0.3) is 5.76 Å². The number of aromatic nitrogens is 1. The summed E-state index contributed by atoms with van der Waals surface area (Å²) in [5, 5.41) is 12.0. The minimum Gasteiger partial charge on any atom is -0.507 e. The monoisotopic (exact) mass is 502 g/mol. The number of benzene rings is 2. The summed E-state index contributed by atoms with van der Waals surface area (Å²) in [7, 11) is 1.24. The average Bonchev–Trinajstić information content (AvgIpc) is 3.30. The first kappa shape index (κ1) is 23.0. The predicted octanol–water partition coefficient (Wildman–Crippen LogP) is 5.17. The highest BCUT2D eigenvalue weighted by Gasteiger charge is 2.48. The van der Waals surface area contributed by atoms with Gasteiger partial charge in [0.1, 0.15) is 10.6 Å². The molecule has 0 bridgehead atoms. The van der Waals surface area contributed by atoms with Crippen molar-refractivity contribution in [3.63, 3.8) is 0 Å². The molecule has 2 aromatic carbocycles. The second-order valence-electron chi connectivity index (χ2n) is 7.13. The van der Waals surface area contributed by atoms with Crippen LogP contribution in [0.3, 0.4) is 0 Å². The van der Waals surface area contributed by atoms with Crippen LogP contribution in [-0.2, 0) is 14.3 Å². The van der Waals surface area contributed by atoms with Crippen molar-refractivity contribution in [2.75, 3.05) is 12.0 Å². The fraction of sp³-hybridized carbons (Fsp3) is 0.130. The van der Waals surface area contributed by atoms with E-state index in [1.165, 1.54) is 12.0 Å². The van der Waals surface area contributed by atoms with Crippen molar-refractivity contribution in [1.82, 2.24) is 4.98 Å². The number of amides is 1. The van der Waals surface area contributed by atoms with Crippen molar-refractivity contribution in [3.8, 4) is 0 Å². The normalized spacial score (nSPS) is 17.5. The zero-order chi connectivity index (χ0) is 23.9. The first-order chi connectivity index (χ1) is 15.7. The van der Waals surface area contributed by atoms with Crippen molar-refractivity contribution in [2.24, 2.45) is 0 Å². The quantitative estimate of drug-likeness (QED) is 0.228. The standard InChI is InChI=1S/C23H16Cl2N2O5S/c1-11-20(22(31)32-2)33-23(26-11)27-17(13-4-3-5-15(25)10-13)16(19(29)21(27)30)18(28)12-6-8-14(24)9-7-12/h3-10,17,28H,1-2H3. The molecule has 1 aliphatic rings. The van der Waals surface area contributed by atoms with Crippen molar-refractivity contribution in [1.29, 1.82) is 0 Å². The summed E-state index contributed by atoms with van der Waals surface area (Å²) < 4.78 is 4.78. The minimum absolute atomic E-state index is 0.120. The van der Waals surface area contributed by atoms with Gasteiger partial charge in [0.2, 0.25) is 0 Å². The Labute approximate surface area is 202 Å². The Hall–Kier alpha value is -3.20. The van der Waals surface area contributed by atoms with E-state index in [4.69, 9.17) is 27.9 Å². The lowest BCUT2D eigenvalue weighted by molar-refractivity contribution is -0.132. The minimum atomic E-state index is -1.02. The van der Waals surface area contributed by atoms with E-state index in [9.17, 15) is 19.5 Å². The molecular formula is C23H16Cl2N2O5S. The smallest absolute Gasteiger partial charge is 0.350 e. The maximum Gasteiger partial charge on any atom is 0.350 e. The summed E-state index contributed by atoms with van der Waals surface area (Å²) in [6.07, 6.45) is 0. The molecule has 1 amide bonds. The van der Waals surface area contributed by atoms with Gasteiger partial charge in [-0.1, -0.05) is 46.7 Å². The van der Waals surface area contributed by atoms with Gasteiger partial charge in [0.15, 0.2) is 5.13 Å². The maximum absolute atomic E-state index is 13.2. The molecule has 1 aromatic heterocycles. The number of thiazole rings is 1. The molecule has 0 radical (unpaired) electrons. The summed E-state index contributed by atoms with van der Waals surface area (Å²) in [5.74, 6) is -2.74. The highest BCUT2D eigenvalue weighted by molar-refractivity contribution is 7.17. The Kier molecular flexibility index (Phi) is 6.25. The number of hydrogen-bond acceptors (Lipinski definition) is 7. The lowest BCUT2D eigenvalue weighted by Gasteiger charge is -2.23. The van der Waals surface area contributed by atoms with Crippen LogP contribution >= 0.6 is 34.5 Å². The van der Waals surface area contributed by atoms with Gasteiger partial charge in [0.25, 0.3) is 5.78 Å². The van der Waals surface area contributed by atoms with Gasteiger partial charge >= 0.3 is 11.9 Å². The Morgan fingerprint density at radius 3 is 2.45 bits per heavy atom. The molecule has 4 rings (SSSR count). The summed E-state index contributed by atoms with van der Waals surface area (Å²) >= 11 is 13.0. The van der Waals surface area contributed by atoms with Gasteiger partial charge in [0, 0.05) is 15.6 Å². The molecule has 2 heterocycles. The molecule has 1 atom stereocenters. The van der Waals surface area contributed by atoms with Gasteiger partial charge in [-0.05, 0) is 48.9 Å². The molecule has 3 aromatic rings. The summed E-state index contributed by atoms with van der Waals surface area (Å²) in [4.78, 5) is 44.1. The van der Waals surface area contributed by atoms with E-state index in [1.807, 2.05) is 0 Å². The molecule has 1 unspecified atom stereocenters. The molecule has 1 saturated heterocycles. The number of hydrogen-bond donors (Lipinski definition) is 1. The molecule has 1 aliphatic heterocycles. The van der Waals surface area contributed by atoms with Crippen LogP contribution in [0.5, 0.6) is 0 Å². The van der Waals surface area contributed by atoms with Crippen molar-refractivity contribution < 1.29 is 24.2 Å². The van der Waals surface area contributed by atoms with Crippen LogP contribution in [0.2, 0.25) is 10.0 Å². The third kappa shape index (κ3) is 4.13. The zero-order valence-electron chi connectivity index (χ0n) is 17.3. The number of anilines is 1. The van der Waals surface area contributed by atoms with E-state index in [-0.39, 0.29) is 21.3 Å². The molecule has 1 N–H and O–H groups in total. The third-order valence-electron chi connectivity index (χ3n) is 5.09. The molecule has 33 heavy (non-hydrogen) atoms. The molecule has 0 aliphatic carbocycles. The Morgan fingerprint density at radius 1 is 1.12 bits per heavy atom. The second kappa shape index (κ2) is 8.97. The van der Waals surface area contributed by atoms with Crippen LogP contribution in [0.15, 0.2) is 54.1 Å². The van der Waals surface area contributed by atoms with Crippen LogP contribution in [0, 0.1) is 6.92 Å². The number of rotatable bonds is 4. The topological polar surface area (TPSA) is 96.8 Å². The van der Waals surface area contributed by atoms with Crippen LogP contribution in [0.1, 0.15) is 32.5 Å². The SMILES string of the molecule is COC(=O)c1sc(N2C(=O)C(=O)C(=C(O)c3ccc(Cl)cc3)C2c2cccc(Cl)c2)nc1C. The second-order valence-corrected chi connectivity index (χ2v) is 8.98. The molecule has 7 nitrogen and oxygen atoms in total. The largest absolute Gasteiger partial charge is 0.507 e. The summed E-state index contributed by atoms with van der Waals surface area (Å²) in [5.41, 5.74) is 1.03. The van der Waals surface area contributed by atoms with Crippen LogP contribution in [0.4, 0.5) is 5.13 Å². The molecule has 0 saturated carbocycles. The van der Waals surface area contributed by atoms with Crippen molar-refractivity contribution in [3.05, 3.63) is 85.8 Å². The van der Waals surface area contributed by atoms with Crippen LogP contribution < -0.4 is 4.90 Å². The number of carbonyl (C=O) groups excluding carboxylic acids is 3. The van der Waals surface area contributed by atoms with E-state index < -0.39 is 23.7 Å². The molecular weight excluding hydrogens is 487 g/mol. The highest BCUT2D eigenvalue weighted by Crippen LogP contribution is 2.44. The number of esters is 1. The molecule has 168 valence electrons. The number of aliphatic hydroxyl groups excluding tert-OH is 1. The molecule has 0 spiro atoms. The first-order valence-electron chi connectivity index (χ1n) is 9.61. The van der Waals surface area contributed by atoms with Crippen molar-refractivity contribution in [2.45, 2.75) is 13.0 Å². The lowest BCUT2D eigenvalue weighted by atomic mass is 9.95. The van der Waals surface area contributed by atoms with Gasteiger partial charge in [-0.2, -0.15) is 0 Å². The summed E-state index contributed by atoms with van der Waals surface area (Å²) in [6, 6.07) is 11.8. The van der Waals surface area contributed by atoms with E-state index in [0.29, 0.717) is 26.9 Å². The van der Waals surface area contributed by atoms with E-state index >= 15 is 0 Å². The number of carbonyl (C=O) groups is 3. The number of Topliss-reactive ketones (excluding diaryl/α,β-unsaturated/α-hetero) is 1. The van der Waals surface area contributed by atoms with Crippen LogP contribution in [-0.4, -0.2) is 34.9 Å². The number of aliphatic hydroxyl groups is 1. The van der Waals surface area contributed by atoms with Gasteiger partial charge in [0.05, 0.1) is 24.4 Å².